The van der Waals surface area contributed by atoms with Gasteiger partial charge in [-0.15, -0.1) is 11.3 Å². The number of hydrogen-bond acceptors (Lipinski definition) is 13. The quantitative estimate of drug-likeness (QED) is 0.0545. The molecule has 17 heteroatoms. The molecule has 0 unspecified atom stereocenters. The normalized spacial score (nSPS) is 14.0. The van der Waals surface area contributed by atoms with E-state index in [-0.39, 0.29) is 18.8 Å². The monoisotopic (exact) mass is 474 g/mol. The fourth-order valence-electron chi connectivity index (χ4n) is 2.01. The van der Waals surface area contributed by atoms with Crippen molar-refractivity contribution in [1.82, 2.24) is 15.2 Å². The molecule has 0 fully saturated rings. The SMILES string of the molecule is BOC(=O)[C@H](S)CN(C=O)C[C@@H](O)NC(=O)/C(=N\O[C@H](CO)C(=O)OB)c1cscn1. The molecule has 1 aromatic heterocycles. The van der Waals surface area contributed by atoms with E-state index in [2.05, 4.69) is 37.4 Å². The number of aliphatic hydroxyl groups is 2. The van der Waals surface area contributed by atoms with Crippen molar-refractivity contribution in [2.75, 3.05) is 19.7 Å². The largest absolute Gasteiger partial charge is 0.543 e. The highest BCUT2D eigenvalue weighted by Gasteiger charge is 2.25. The highest BCUT2D eigenvalue weighted by molar-refractivity contribution is 7.81. The van der Waals surface area contributed by atoms with E-state index in [0.29, 0.717) is 6.41 Å². The molecule has 0 aromatic carbocycles. The van der Waals surface area contributed by atoms with Gasteiger partial charge >= 0.3 is 28.0 Å². The van der Waals surface area contributed by atoms with Crippen molar-refractivity contribution in [3.63, 3.8) is 0 Å². The number of thiol groups is 1. The van der Waals surface area contributed by atoms with Crippen LogP contribution in [0.15, 0.2) is 16.0 Å². The fourth-order valence-corrected chi connectivity index (χ4v) is 2.87. The minimum absolute atomic E-state index is 0.0737. The average molecular weight is 474 g/mol. The molecule has 31 heavy (non-hydrogen) atoms. The van der Waals surface area contributed by atoms with Gasteiger partial charge in [-0.3, -0.25) is 14.4 Å². The van der Waals surface area contributed by atoms with Gasteiger partial charge in [0.15, 0.2) is 5.71 Å². The molecule has 0 aliphatic rings. The van der Waals surface area contributed by atoms with E-state index in [1.165, 1.54) is 10.9 Å². The van der Waals surface area contributed by atoms with E-state index in [1.54, 1.807) is 0 Å². The topological polar surface area (TPSA) is 177 Å². The van der Waals surface area contributed by atoms with Gasteiger partial charge < -0.3 is 34.6 Å². The summed E-state index contributed by atoms with van der Waals surface area (Å²) in [5.41, 5.74) is 1.08. The number of hydrogen-bond donors (Lipinski definition) is 4. The third-order valence-corrected chi connectivity index (χ3v) is 4.49. The number of oxime groups is 1. The number of aromatic nitrogens is 1. The zero-order valence-corrected chi connectivity index (χ0v) is 18.2. The van der Waals surface area contributed by atoms with Gasteiger partial charge in [0.2, 0.25) is 12.5 Å². The number of carbonyl (C=O) groups excluding carboxylic acids is 4. The summed E-state index contributed by atoms with van der Waals surface area (Å²) in [7, 11) is 2.24. The molecule has 1 aromatic rings. The summed E-state index contributed by atoms with van der Waals surface area (Å²) >= 11 is 5.14. The lowest BCUT2D eigenvalue weighted by Crippen LogP contribution is -2.47. The van der Waals surface area contributed by atoms with Gasteiger partial charge in [-0.2, -0.15) is 12.6 Å². The predicted octanol–water partition coefficient (Wildman–Crippen LogP) is -4.40. The molecule has 0 radical (unpaired) electrons. The Morgan fingerprint density at radius 1 is 1.32 bits per heavy atom. The number of aliphatic hydroxyl groups excluding tert-OH is 2. The van der Waals surface area contributed by atoms with Crippen molar-refractivity contribution in [1.29, 1.82) is 0 Å². The zero-order chi connectivity index (χ0) is 23.4. The van der Waals surface area contributed by atoms with Crippen molar-refractivity contribution in [2.24, 2.45) is 5.16 Å². The minimum atomic E-state index is -1.56. The zero-order valence-electron chi connectivity index (χ0n) is 16.5. The number of amides is 2. The summed E-state index contributed by atoms with van der Waals surface area (Å²) in [6.45, 7) is -1.32. The van der Waals surface area contributed by atoms with Crippen molar-refractivity contribution >= 4 is 70.0 Å². The molecular formula is C14H20B2N4O9S2. The second kappa shape index (κ2) is 13.6. The predicted molar refractivity (Wildman–Crippen MR) is 114 cm³/mol. The lowest BCUT2D eigenvalue weighted by Gasteiger charge is -2.23. The molecule has 1 rings (SSSR count). The van der Waals surface area contributed by atoms with Gasteiger partial charge in [0.25, 0.3) is 5.91 Å². The van der Waals surface area contributed by atoms with Crippen LogP contribution in [0.2, 0.25) is 0 Å². The van der Waals surface area contributed by atoms with Crippen LogP contribution in [-0.2, 0) is 33.3 Å². The average Bonchev–Trinajstić information content (AvgIpc) is 3.29. The first kappa shape index (κ1) is 26.4. The third kappa shape index (κ3) is 8.56. The Bertz CT molecular complexity index is 784. The summed E-state index contributed by atoms with van der Waals surface area (Å²) in [5, 5.41) is 25.6. The molecule has 168 valence electrons. The maximum Gasteiger partial charge on any atom is 0.334 e. The van der Waals surface area contributed by atoms with Crippen molar-refractivity contribution in [2.45, 2.75) is 17.6 Å². The number of carbonyl (C=O) groups is 4. The summed E-state index contributed by atoms with van der Waals surface area (Å²) < 4.78 is 8.94. The third-order valence-electron chi connectivity index (χ3n) is 3.53. The first-order valence-electron chi connectivity index (χ1n) is 8.52. The van der Waals surface area contributed by atoms with E-state index < -0.39 is 47.7 Å². The van der Waals surface area contributed by atoms with Gasteiger partial charge in [0.1, 0.15) is 17.2 Å². The second-order valence-corrected chi connectivity index (χ2v) is 7.04. The molecule has 0 spiro atoms. The summed E-state index contributed by atoms with van der Waals surface area (Å²) in [6.07, 6.45) is -2.68. The van der Waals surface area contributed by atoms with Crippen LogP contribution in [0.1, 0.15) is 5.69 Å². The molecule has 2 amide bonds. The molecule has 0 bridgehead atoms. The minimum Gasteiger partial charge on any atom is -0.543 e. The van der Waals surface area contributed by atoms with Crippen LogP contribution >= 0.6 is 24.0 Å². The number of nitrogens with one attached hydrogen (secondary N) is 1. The lowest BCUT2D eigenvalue weighted by molar-refractivity contribution is -0.149. The fraction of sp³-hybridized carbons (Fsp3) is 0.429. The van der Waals surface area contributed by atoms with E-state index in [0.717, 1.165) is 32.3 Å². The van der Waals surface area contributed by atoms with Crippen LogP contribution < -0.4 is 5.32 Å². The van der Waals surface area contributed by atoms with Crippen LogP contribution in [0.4, 0.5) is 0 Å². The van der Waals surface area contributed by atoms with Gasteiger partial charge in [-0.05, 0) is 0 Å². The Balaban J connectivity index is 2.86. The molecule has 0 aliphatic heterocycles. The van der Waals surface area contributed by atoms with Crippen LogP contribution in [0, 0.1) is 0 Å². The van der Waals surface area contributed by atoms with Gasteiger partial charge in [-0.1, -0.05) is 5.16 Å². The molecule has 13 nitrogen and oxygen atoms in total. The highest BCUT2D eigenvalue weighted by atomic mass is 32.1. The van der Waals surface area contributed by atoms with E-state index in [9.17, 15) is 29.4 Å². The Morgan fingerprint density at radius 3 is 2.52 bits per heavy atom. The Hall–Kier alpha value is -2.62. The van der Waals surface area contributed by atoms with Crippen molar-refractivity contribution < 1.29 is 43.5 Å². The van der Waals surface area contributed by atoms with Crippen LogP contribution in [0.5, 0.6) is 0 Å². The summed E-state index contributed by atoms with van der Waals surface area (Å²) in [5.74, 6) is -2.54. The molecular weight excluding hydrogens is 454 g/mol. The lowest BCUT2D eigenvalue weighted by atomic mass is 10.2. The number of thiazole rings is 1. The summed E-state index contributed by atoms with van der Waals surface area (Å²) in [6, 6.07) is 0. The van der Waals surface area contributed by atoms with Gasteiger partial charge in [0.05, 0.1) is 18.7 Å². The number of rotatable bonds is 13. The molecule has 3 N–H and O–H groups in total. The van der Waals surface area contributed by atoms with Gasteiger partial charge in [0, 0.05) is 11.9 Å². The first-order chi connectivity index (χ1) is 14.8. The standard InChI is InChI=1S/C14H20B2N4O9S2/c15-27-13(25)8(3-21)29-19-11(7-4-31-5-17-7)12(24)18-10(23)2-20(6-22)1-9(30)14(26)28-16/h4-6,8-10,21,23,30H,1-3,15-16H2,(H,18,24)/b19-11-/t8-,9-,10-/m1/s1. The number of nitrogens with zero attached hydrogens (tertiary/aromatic N) is 3. The highest BCUT2D eigenvalue weighted by Crippen LogP contribution is 2.06. The van der Waals surface area contributed by atoms with Crippen molar-refractivity contribution in [3.8, 4) is 0 Å². The van der Waals surface area contributed by atoms with Crippen LogP contribution in [0.25, 0.3) is 0 Å². The Kier molecular flexibility index (Phi) is 11.6. The molecule has 0 saturated carbocycles. The van der Waals surface area contributed by atoms with E-state index in [4.69, 9.17) is 4.84 Å². The van der Waals surface area contributed by atoms with Crippen LogP contribution in [-0.4, -0.2) is 103 Å². The molecule has 0 saturated heterocycles. The van der Waals surface area contributed by atoms with Crippen LogP contribution in [0.3, 0.4) is 0 Å². The van der Waals surface area contributed by atoms with E-state index in [1.807, 2.05) is 0 Å². The van der Waals surface area contributed by atoms with E-state index >= 15 is 0 Å². The smallest absolute Gasteiger partial charge is 0.334 e. The Morgan fingerprint density at radius 2 is 2.00 bits per heavy atom. The Labute approximate surface area is 188 Å². The maximum atomic E-state index is 12.5. The maximum absolute atomic E-state index is 12.5. The first-order valence-corrected chi connectivity index (χ1v) is 9.98. The molecule has 1 heterocycles. The van der Waals surface area contributed by atoms with Gasteiger partial charge in [-0.25, -0.2) is 9.78 Å². The molecule has 0 aliphatic carbocycles. The second-order valence-electron chi connectivity index (χ2n) is 5.70. The molecule has 3 atom stereocenters. The summed E-state index contributed by atoms with van der Waals surface area (Å²) in [4.78, 5) is 56.5. The van der Waals surface area contributed by atoms with Crippen molar-refractivity contribution in [3.05, 3.63) is 16.6 Å².